The Morgan fingerprint density at radius 1 is 0.914 bits per heavy atom. The molecule has 0 atom stereocenters. The van der Waals surface area contributed by atoms with E-state index in [4.69, 9.17) is 0 Å². The Hall–Kier alpha value is -3.98. The molecule has 0 aliphatic heterocycles. The van der Waals surface area contributed by atoms with Crippen molar-refractivity contribution in [3.8, 4) is 11.3 Å². The highest BCUT2D eigenvalue weighted by Gasteiger charge is 2.21. The molecule has 0 fully saturated rings. The van der Waals surface area contributed by atoms with E-state index in [-0.39, 0.29) is 23.7 Å². The van der Waals surface area contributed by atoms with Gasteiger partial charge in [0.15, 0.2) is 16.5 Å². The number of carbonyl (C=O) groups excluding carboxylic acids is 2. The number of nitrogens with one attached hydrogen (secondary N) is 2. The molecule has 0 bridgehead atoms. The van der Waals surface area contributed by atoms with Gasteiger partial charge >= 0.3 is 0 Å². The second-order valence-electron chi connectivity index (χ2n) is 7.89. The topological polar surface area (TPSA) is 96.9 Å². The molecular weight excluding hydrogens is 465 g/mol. The van der Waals surface area contributed by atoms with Gasteiger partial charge in [-0.3, -0.25) is 14.9 Å². The van der Waals surface area contributed by atoms with Gasteiger partial charge in [0.25, 0.3) is 11.8 Å². The van der Waals surface area contributed by atoms with Crippen LogP contribution in [0.25, 0.3) is 11.3 Å². The first-order chi connectivity index (χ1) is 16.9. The van der Waals surface area contributed by atoms with Gasteiger partial charge in [-0.05, 0) is 36.6 Å². The van der Waals surface area contributed by atoms with Crippen LogP contribution in [0.15, 0.2) is 60.9 Å². The van der Waals surface area contributed by atoms with Crippen LogP contribution in [0, 0.1) is 12.7 Å². The van der Waals surface area contributed by atoms with E-state index in [0.29, 0.717) is 10.7 Å². The first kappa shape index (κ1) is 24.2. The predicted molar refractivity (Wildman–Crippen MR) is 134 cm³/mol. The Balaban J connectivity index is 1.47. The van der Waals surface area contributed by atoms with Gasteiger partial charge in [-0.25, -0.2) is 19.3 Å². The normalized spacial score (nSPS) is 10.7. The Kier molecular flexibility index (Phi) is 7.57. The van der Waals surface area contributed by atoms with Crippen LogP contribution in [0.2, 0.25) is 0 Å². The van der Waals surface area contributed by atoms with Gasteiger partial charge in [-0.1, -0.05) is 49.7 Å². The zero-order valence-corrected chi connectivity index (χ0v) is 20.2. The summed E-state index contributed by atoms with van der Waals surface area (Å²) in [4.78, 5) is 39.3. The lowest BCUT2D eigenvalue weighted by atomic mass is 10.1. The van der Waals surface area contributed by atoms with Crippen molar-refractivity contribution in [2.24, 2.45) is 0 Å². The minimum atomic E-state index is -0.580. The highest BCUT2D eigenvalue weighted by atomic mass is 32.1. The SMILES string of the molecule is CCCc1ccc(-c2nc(NC(=O)c3nccnc3C(=O)NCc3ccc(F)cc3)sc2C)cc1. The number of hydrogen-bond donors (Lipinski definition) is 2. The van der Waals surface area contributed by atoms with Gasteiger partial charge in [0.2, 0.25) is 0 Å². The standard InChI is InChI=1S/C26H24FN5O2S/c1-3-4-17-5-9-19(10-6-17)21-16(2)35-26(31-21)32-25(34)23-22(28-13-14-29-23)24(33)30-15-18-7-11-20(27)12-8-18/h5-14H,3-4,15H2,1-2H3,(H,30,33)(H,31,32,34). The lowest BCUT2D eigenvalue weighted by molar-refractivity contribution is 0.0931. The van der Waals surface area contributed by atoms with Gasteiger partial charge in [0.05, 0.1) is 5.69 Å². The van der Waals surface area contributed by atoms with Crippen LogP contribution in [-0.4, -0.2) is 26.8 Å². The summed E-state index contributed by atoms with van der Waals surface area (Å²) >= 11 is 1.35. The molecule has 9 heteroatoms. The fraction of sp³-hybridized carbons (Fsp3) is 0.192. The lowest BCUT2D eigenvalue weighted by Crippen LogP contribution is -2.28. The van der Waals surface area contributed by atoms with E-state index in [1.807, 2.05) is 19.1 Å². The van der Waals surface area contributed by atoms with Gasteiger partial charge < -0.3 is 5.32 Å². The van der Waals surface area contributed by atoms with E-state index in [9.17, 15) is 14.0 Å². The van der Waals surface area contributed by atoms with Crippen LogP contribution >= 0.6 is 11.3 Å². The first-order valence-electron chi connectivity index (χ1n) is 11.2. The third-order valence-electron chi connectivity index (χ3n) is 5.28. The number of rotatable bonds is 8. The minimum absolute atomic E-state index is 0.105. The van der Waals surface area contributed by atoms with Gasteiger partial charge in [-0.2, -0.15) is 0 Å². The Bertz CT molecular complexity index is 1340. The van der Waals surface area contributed by atoms with E-state index < -0.39 is 11.8 Å². The van der Waals surface area contributed by atoms with Crippen LogP contribution in [0.5, 0.6) is 0 Å². The van der Waals surface area contributed by atoms with E-state index in [1.165, 1.54) is 41.4 Å². The molecule has 35 heavy (non-hydrogen) atoms. The number of carbonyl (C=O) groups is 2. The molecule has 0 spiro atoms. The van der Waals surface area contributed by atoms with Crippen LogP contribution in [0.3, 0.4) is 0 Å². The van der Waals surface area contributed by atoms with Crippen molar-refractivity contribution in [3.05, 3.63) is 94.1 Å². The summed E-state index contributed by atoms with van der Waals surface area (Å²) in [6.45, 7) is 4.24. The molecule has 2 N–H and O–H groups in total. The zero-order valence-electron chi connectivity index (χ0n) is 19.3. The molecule has 0 unspecified atom stereocenters. The van der Waals surface area contributed by atoms with Crippen LogP contribution in [0.4, 0.5) is 9.52 Å². The molecule has 4 rings (SSSR count). The number of anilines is 1. The van der Waals surface area contributed by atoms with E-state index >= 15 is 0 Å². The molecule has 178 valence electrons. The molecule has 0 saturated heterocycles. The van der Waals surface area contributed by atoms with Crippen LogP contribution in [-0.2, 0) is 13.0 Å². The zero-order chi connectivity index (χ0) is 24.8. The largest absolute Gasteiger partial charge is 0.347 e. The van der Waals surface area contributed by atoms with Crippen molar-refractivity contribution < 1.29 is 14.0 Å². The maximum atomic E-state index is 13.1. The highest BCUT2D eigenvalue weighted by molar-refractivity contribution is 7.16. The van der Waals surface area contributed by atoms with Crippen molar-refractivity contribution in [1.29, 1.82) is 0 Å². The average Bonchev–Trinajstić information content (AvgIpc) is 3.23. The summed E-state index contributed by atoms with van der Waals surface area (Å²) in [5.74, 6) is -1.50. The van der Waals surface area contributed by atoms with E-state index in [0.717, 1.165) is 29.0 Å². The molecule has 0 radical (unpaired) electrons. The summed E-state index contributed by atoms with van der Waals surface area (Å²) in [6.07, 6.45) is 4.80. The number of thiazole rings is 1. The average molecular weight is 490 g/mol. The molecule has 7 nitrogen and oxygen atoms in total. The molecule has 4 aromatic rings. The molecule has 2 aromatic heterocycles. The number of amides is 2. The van der Waals surface area contributed by atoms with E-state index in [1.54, 1.807) is 12.1 Å². The van der Waals surface area contributed by atoms with Crippen molar-refractivity contribution in [1.82, 2.24) is 20.3 Å². The van der Waals surface area contributed by atoms with Crippen molar-refractivity contribution >= 4 is 28.3 Å². The summed E-state index contributed by atoms with van der Waals surface area (Å²) < 4.78 is 13.1. The third-order valence-corrected chi connectivity index (χ3v) is 6.16. The quantitative estimate of drug-likeness (QED) is 0.355. The van der Waals surface area contributed by atoms with Crippen LogP contribution in [0.1, 0.15) is 50.3 Å². The van der Waals surface area contributed by atoms with Crippen molar-refractivity contribution in [2.75, 3.05) is 5.32 Å². The second kappa shape index (κ2) is 11.0. The molecule has 2 amide bonds. The maximum Gasteiger partial charge on any atom is 0.278 e. The number of nitrogens with zero attached hydrogens (tertiary/aromatic N) is 3. The fourth-order valence-corrected chi connectivity index (χ4v) is 4.36. The Morgan fingerprint density at radius 2 is 1.54 bits per heavy atom. The number of aromatic nitrogens is 3. The monoisotopic (exact) mass is 489 g/mol. The van der Waals surface area contributed by atoms with Crippen molar-refractivity contribution in [2.45, 2.75) is 33.2 Å². The number of aryl methyl sites for hydroxylation is 2. The van der Waals surface area contributed by atoms with Crippen molar-refractivity contribution in [3.63, 3.8) is 0 Å². The maximum absolute atomic E-state index is 13.1. The van der Waals surface area contributed by atoms with Crippen LogP contribution < -0.4 is 10.6 Å². The molecule has 2 aromatic carbocycles. The van der Waals surface area contributed by atoms with Gasteiger partial charge in [-0.15, -0.1) is 11.3 Å². The summed E-state index contributed by atoms with van der Waals surface area (Å²) in [5.41, 5.74) is 3.53. The van der Waals surface area contributed by atoms with Gasteiger partial charge in [0, 0.05) is 29.4 Å². The highest BCUT2D eigenvalue weighted by Crippen LogP contribution is 2.31. The Morgan fingerprint density at radius 3 is 2.20 bits per heavy atom. The smallest absolute Gasteiger partial charge is 0.278 e. The molecular formula is C26H24FN5O2S. The third kappa shape index (κ3) is 5.93. The fourth-order valence-electron chi connectivity index (χ4n) is 3.53. The second-order valence-corrected chi connectivity index (χ2v) is 9.09. The predicted octanol–water partition coefficient (Wildman–Crippen LogP) is 5.18. The molecule has 0 aliphatic rings. The Labute approximate surface area is 206 Å². The number of benzene rings is 2. The number of hydrogen-bond acceptors (Lipinski definition) is 6. The minimum Gasteiger partial charge on any atom is -0.347 e. The molecule has 0 aliphatic carbocycles. The first-order valence-corrected chi connectivity index (χ1v) is 12.0. The summed E-state index contributed by atoms with van der Waals surface area (Å²) in [6, 6.07) is 14.0. The lowest BCUT2D eigenvalue weighted by Gasteiger charge is -2.08. The number of halogens is 1. The summed E-state index contributed by atoms with van der Waals surface area (Å²) in [7, 11) is 0. The molecule has 2 heterocycles. The summed E-state index contributed by atoms with van der Waals surface area (Å²) in [5, 5.41) is 5.83. The van der Waals surface area contributed by atoms with Gasteiger partial charge in [0.1, 0.15) is 5.82 Å². The van der Waals surface area contributed by atoms with E-state index in [2.05, 4.69) is 44.6 Å². The molecule has 0 saturated carbocycles.